The number of benzene rings is 2. The van der Waals surface area contributed by atoms with Gasteiger partial charge in [-0.3, -0.25) is 4.79 Å². The maximum Gasteiger partial charge on any atom is 0.192 e. The minimum absolute atomic E-state index is 0.00589. The third kappa shape index (κ3) is 4.31. The van der Waals surface area contributed by atoms with Crippen LogP contribution < -0.4 is 4.74 Å². The molecule has 0 radical (unpaired) electrons. The molecular weight excluding hydrogens is 288 g/mol. The monoisotopic (exact) mass is 304 g/mol. The van der Waals surface area contributed by atoms with Crippen LogP contribution in [0.2, 0.25) is 5.02 Å². The number of hydrogen-bond acceptors (Lipinski definition) is 3. The third-order valence-corrected chi connectivity index (χ3v) is 3.28. The molecule has 21 heavy (non-hydrogen) atoms. The second kappa shape index (κ2) is 7.25. The summed E-state index contributed by atoms with van der Waals surface area (Å²) in [6, 6.07) is 12.9. The number of Topliss-reactive ketones (excluding diaryl/α,β-unsaturated/α-hetero) is 1. The van der Waals surface area contributed by atoms with Crippen LogP contribution in [0.4, 0.5) is 0 Å². The zero-order chi connectivity index (χ0) is 15.2. The van der Waals surface area contributed by atoms with Crippen LogP contribution in [0.25, 0.3) is 0 Å². The Morgan fingerprint density at radius 1 is 1.19 bits per heavy atom. The van der Waals surface area contributed by atoms with Crippen LogP contribution in [-0.4, -0.2) is 19.5 Å². The van der Waals surface area contributed by atoms with Crippen LogP contribution in [-0.2, 0) is 11.3 Å². The van der Waals surface area contributed by atoms with Crippen LogP contribution in [0.1, 0.15) is 21.5 Å². The molecular formula is C17H17ClO3. The largest absolute Gasteiger partial charge is 0.496 e. The summed E-state index contributed by atoms with van der Waals surface area (Å²) in [4.78, 5) is 12.2. The van der Waals surface area contributed by atoms with Gasteiger partial charge >= 0.3 is 0 Å². The van der Waals surface area contributed by atoms with Crippen molar-refractivity contribution in [2.45, 2.75) is 13.5 Å². The van der Waals surface area contributed by atoms with Gasteiger partial charge in [-0.2, -0.15) is 0 Å². The zero-order valence-corrected chi connectivity index (χ0v) is 12.8. The lowest BCUT2D eigenvalue weighted by Crippen LogP contribution is -2.10. The Balaban J connectivity index is 1.96. The molecule has 4 heteroatoms. The maximum atomic E-state index is 12.2. The van der Waals surface area contributed by atoms with Gasteiger partial charge in [0.1, 0.15) is 12.4 Å². The summed E-state index contributed by atoms with van der Waals surface area (Å²) in [7, 11) is 1.55. The van der Waals surface area contributed by atoms with Gasteiger partial charge in [0.2, 0.25) is 0 Å². The van der Waals surface area contributed by atoms with Crippen molar-refractivity contribution in [1.29, 1.82) is 0 Å². The summed E-state index contributed by atoms with van der Waals surface area (Å²) in [5.74, 6) is 0.472. The summed E-state index contributed by atoms with van der Waals surface area (Å²) in [6.45, 7) is 2.30. The lowest BCUT2D eigenvalue weighted by molar-refractivity contribution is 0.0724. The normalized spacial score (nSPS) is 10.4. The Labute approximate surface area is 129 Å². The zero-order valence-electron chi connectivity index (χ0n) is 12.1. The molecule has 0 amide bonds. The second-order valence-corrected chi connectivity index (χ2v) is 5.19. The minimum atomic E-state index is -0.103. The molecule has 0 aromatic heterocycles. The predicted molar refractivity (Wildman–Crippen MR) is 83.2 cm³/mol. The highest BCUT2D eigenvalue weighted by Gasteiger charge is 2.12. The smallest absolute Gasteiger partial charge is 0.192 e. The Morgan fingerprint density at radius 3 is 2.71 bits per heavy atom. The first kappa shape index (κ1) is 15.5. The highest BCUT2D eigenvalue weighted by molar-refractivity contribution is 6.30. The van der Waals surface area contributed by atoms with Crippen molar-refractivity contribution < 1.29 is 14.3 Å². The molecule has 0 saturated heterocycles. The van der Waals surface area contributed by atoms with Gasteiger partial charge in [-0.05, 0) is 42.3 Å². The van der Waals surface area contributed by atoms with E-state index in [0.717, 1.165) is 11.1 Å². The second-order valence-electron chi connectivity index (χ2n) is 4.75. The van der Waals surface area contributed by atoms with Crippen molar-refractivity contribution in [2.24, 2.45) is 0 Å². The molecule has 0 atom stereocenters. The number of ketones is 1. The van der Waals surface area contributed by atoms with E-state index >= 15 is 0 Å². The van der Waals surface area contributed by atoms with Crippen molar-refractivity contribution in [3.63, 3.8) is 0 Å². The Hall–Kier alpha value is -1.84. The summed E-state index contributed by atoms with van der Waals surface area (Å²) < 4.78 is 10.7. The first-order valence-corrected chi connectivity index (χ1v) is 6.98. The minimum Gasteiger partial charge on any atom is -0.496 e. The van der Waals surface area contributed by atoms with Gasteiger partial charge in [-0.1, -0.05) is 29.8 Å². The van der Waals surface area contributed by atoms with E-state index in [1.54, 1.807) is 19.2 Å². The van der Waals surface area contributed by atoms with Crippen molar-refractivity contribution in [2.75, 3.05) is 13.7 Å². The number of halogens is 1. The number of aryl methyl sites for hydroxylation is 1. The number of ether oxygens (including phenoxy) is 2. The van der Waals surface area contributed by atoms with Gasteiger partial charge < -0.3 is 9.47 Å². The van der Waals surface area contributed by atoms with E-state index in [0.29, 0.717) is 22.9 Å². The summed E-state index contributed by atoms with van der Waals surface area (Å²) >= 11 is 5.90. The van der Waals surface area contributed by atoms with Crippen molar-refractivity contribution >= 4 is 17.4 Å². The molecule has 0 bridgehead atoms. The van der Waals surface area contributed by atoms with E-state index in [4.69, 9.17) is 21.1 Å². The molecule has 0 heterocycles. The number of carbonyl (C=O) groups excluding carboxylic acids is 1. The number of rotatable bonds is 6. The summed E-state index contributed by atoms with van der Waals surface area (Å²) in [6.07, 6.45) is 0. The number of methoxy groups -OCH3 is 1. The molecule has 0 unspecified atom stereocenters. The first-order valence-electron chi connectivity index (χ1n) is 6.60. The van der Waals surface area contributed by atoms with Crippen LogP contribution in [0.5, 0.6) is 5.75 Å². The summed E-state index contributed by atoms with van der Waals surface area (Å²) in [5, 5.41) is 0.655. The van der Waals surface area contributed by atoms with E-state index in [-0.39, 0.29) is 12.4 Å². The van der Waals surface area contributed by atoms with Crippen molar-refractivity contribution in [1.82, 2.24) is 0 Å². The predicted octanol–water partition coefficient (Wildman–Crippen LogP) is 4.06. The third-order valence-electron chi connectivity index (χ3n) is 3.05. The lowest BCUT2D eigenvalue weighted by atomic mass is 10.1. The lowest BCUT2D eigenvalue weighted by Gasteiger charge is -2.09. The Morgan fingerprint density at radius 2 is 2.00 bits per heavy atom. The molecule has 0 aliphatic rings. The van der Waals surface area contributed by atoms with Crippen molar-refractivity contribution in [3.05, 3.63) is 64.2 Å². The Bertz CT molecular complexity index is 638. The van der Waals surface area contributed by atoms with Crippen LogP contribution in [0.3, 0.4) is 0 Å². The van der Waals surface area contributed by atoms with E-state index in [2.05, 4.69) is 0 Å². The van der Waals surface area contributed by atoms with Gasteiger partial charge in [0.15, 0.2) is 5.78 Å². The van der Waals surface area contributed by atoms with Gasteiger partial charge in [0.25, 0.3) is 0 Å². The SMILES string of the molecule is COc1cc(C)ccc1C(=O)COCc1cccc(Cl)c1. The molecule has 3 nitrogen and oxygen atoms in total. The van der Waals surface area contributed by atoms with Crippen LogP contribution >= 0.6 is 11.6 Å². The average Bonchev–Trinajstić information content (AvgIpc) is 2.47. The highest BCUT2D eigenvalue weighted by Crippen LogP contribution is 2.20. The number of carbonyl (C=O) groups is 1. The molecule has 2 aromatic rings. The van der Waals surface area contributed by atoms with E-state index < -0.39 is 0 Å². The van der Waals surface area contributed by atoms with Gasteiger partial charge in [0.05, 0.1) is 19.3 Å². The van der Waals surface area contributed by atoms with Crippen LogP contribution in [0.15, 0.2) is 42.5 Å². The standard InChI is InChI=1S/C17H17ClO3/c1-12-6-7-15(17(8-12)20-2)16(19)11-21-10-13-4-3-5-14(18)9-13/h3-9H,10-11H2,1-2H3. The van der Waals surface area contributed by atoms with E-state index in [9.17, 15) is 4.79 Å². The number of hydrogen-bond donors (Lipinski definition) is 0. The van der Waals surface area contributed by atoms with Crippen molar-refractivity contribution in [3.8, 4) is 5.75 Å². The average molecular weight is 305 g/mol. The first-order chi connectivity index (χ1) is 10.1. The maximum absolute atomic E-state index is 12.2. The van der Waals surface area contributed by atoms with E-state index in [1.165, 1.54) is 0 Å². The van der Waals surface area contributed by atoms with E-state index in [1.807, 2.05) is 37.3 Å². The van der Waals surface area contributed by atoms with Gasteiger partial charge in [-0.25, -0.2) is 0 Å². The topological polar surface area (TPSA) is 35.5 Å². The molecule has 0 saturated carbocycles. The molecule has 0 fully saturated rings. The fourth-order valence-corrected chi connectivity index (χ4v) is 2.21. The molecule has 0 aliphatic carbocycles. The molecule has 0 N–H and O–H groups in total. The highest BCUT2D eigenvalue weighted by atomic mass is 35.5. The fourth-order valence-electron chi connectivity index (χ4n) is 1.99. The van der Waals surface area contributed by atoms with Crippen LogP contribution in [0, 0.1) is 6.92 Å². The molecule has 2 aromatic carbocycles. The molecule has 0 spiro atoms. The molecule has 0 aliphatic heterocycles. The Kier molecular flexibility index (Phi) is 5.37. The van der Waals surface area contributed by atoms with Gasteiger partial charge in [0, 0.05) is 5.02 Å². The fraction of sp³-hybridized carbons (Fsp3) is 0.235. The molecule has 110 valence electrons. The quantitative estimate of drug-likeness (QED) is 0.755. The summed E-state index contributed by atoms with van der Waals surface area (Å²) in [5.41, 5.74) is 2.52. The van der Waals surface area contributed by atoms with Gasteiger partial charge in [-0.15, -0.1) is 0 Å². The molecule has 2 rings (SSSR count).